The number of phenolic OH excluding ortho intramolecular Hbond substituents is 1. The predicted octanol–water partition coefficient (Wildman–Crippen LogP) is 6.02. The van der Waals surface area contributed by atoms with E-state index in [0.29, 0.717) is 17.1 Å². The van der Waals surface area contributed by atoms with E-state index in [2.05, 4.69) is 45.2 Å². The quantitative estimate of drug-likeness (QED) is 0.122. The van der Waals surface area contributed by atoms with Crippen molar-refractivity contribution in [3.8, 4) is 17.2 Å². The maximum absolute atomic E-state index is 13.1. The lowest BCUT2D eigenvalue weighted by molar-refractivity contribution is -0.162. The second kappa shape index (κ2) is 18.0. The Kier molecular flexibility index (Phi) is 15.6. The Morgan fingerprint density at radius 1 is 0.714 bits per heavy atom. The van der Waals surface area contributed by atoms with Gasteiger partial charge in [-0.05, 0) is 156 Å². The molecule has 0 fully saturated rings. The SMILES string of the molecule is CC(C)(C)OC(=O)CN(CCN(CC(=O)OC(C)(C)C)[C@@H](Cc1cc(I)c(Oc2ccc(O)cc2)c(I)c1)C(=O)O)CC(=O)OC(C)(C)C. The topological polar surface area (TPSA) is 152 Å². The molecule has 0 unspecified atom stereocenters. The molecule has 0 spiro atoms. The number of esters is 3. The van der Waals surface area contributed by atoms with Gasteiger partial charge in [-0.1, -0.05) is 0 Å². The lowest BCUT2D eigenvalue weighted by Crippen LogP contribution is -2.50. The Bertz CT molecular complexity index is 1410. The van der Waals surface area contributed by atoms with Gasteiger partial charge in [0.25, 0.3) is 0 Å². The minimum absolute atomic E-state index is 0.00195. The van der Waals surface area contributed by atoms with Crippen LogP contribution in [0.2, 0.25) is 0 Å². The van der Waals surface area contributed by atoms with Crippen LogP contribution in [0.4, 0.5) is 0 Å². The number of carboxylic acids is 1. The van der Waals surface area contributed by atoms with Gasteiger partial charge in [0.2, 0.25) is 0 Å². The van der Waals surface area contributed by atoms with Gasteiger partial charge in [-0.3, -0.25) is 29.0 Å². The number of phenols is 1. The van der Waals surface area contributed by atoms with Gasteiger partial charge in [-0.2, -0.15) is 0 Å². The fourth-order valence-electron chi connectivity index (χ4n) is 4.54. The van der Waals surface area contributed by atoms with Crippen molar-refractivity contribution in [3.63, 3.8) is 0 Å². The Morgan fingerprint density at radius 3 is 1.55 bits per heavy atom. The Labute approximate surface area is 316 Å². The average molecular weight is 911 g/mol. The van der Waals surface area contributed by atoms with Crippen LogP contribution in [0.15, 0.2) is 36.4 Å². The highest BCUT2D eigenvalue weighted by Gasteiger charge is 2.31. The zero-order chi connectivity index (χ0) is 37.3. The molecule has 0 aromatic heterocycles. The summed E-state index contributed by atoms with van der Waals surface area (Å²) in [6.45, 7) is 14.7. The molecule has 2 rings (SSSR count). The van der Waals surface area contributed by atoms with Gasteiger partial charge in [0.1, 0.15) is 34.3 Å². The first-order valence-electron chi connectivity index (χ1n) is 15.7. The third-order valence-corrected chi connectivity index (χ3v) is 7.87. The minimum Gasteiger partial charge on any atom is -0.508 e. The van der Waals surface area contributed by atoms with E-state index in [1.165, 1.54) is 21.9 Å². The Hall–Kier alpha value is -2.70. The summed E-state index contributed by atoms with van der Waals surface area (Å²) in [4.78, 5) is 54.5. The molecule has 0 aliphatic heterocycles. The van der Waals surface area contributed by atoms with E-state index in [4.69, 9.17) is 18.9 Å². The number of carboxylic acid groups (broad SMARTS) is 1. The fourth-order valence-corrected chi connectivity index (χ4v) is 6.65. The van der Waals surface area contributed by atoms with Gasteiger partial charge in [-0.25, -0.2) is 0 Å². The van der Waals surface area contributed by atoms with E-state index in [0.717, 1.165) is 7.14 Å². The average Bonchev–Trinajstić information content (AvgIpc) is 2.89. The van der Waals surface area contributed by atoms with Crippen LogP contribution in [-0.4, -0.2) is 99.5 Å². The van der Waals surface area contributed by atoms with E-state index in [9.17, 15) is 29.4 Å². The molecule has 2 N–H and O–H groups in total. The van der Waals surface area contributed by atoms with E-state index < -0.39 is 46.7 Å². The molecule has 0 saturated heterocycles. The lowest BCUT2D eigenvalue weighted by Gasteiger charge is -2.32. The molecule has 0 heterocycles. The van der Waals surface area contributed by atoms with E-state index in [1.54, 1.807) is 74.4 Å². The molecule has 0 aliphatic carbocycles. The number of nitrogens with zero attached hydrogens (tertiary/aromatic N) is 2. The summed E-state index contributed by atoms with van der Waals surface area (Å²) in [5, 5.41) is 20.1. The van der Waals surface area contributed by atoms with Crippen molar-refractivity contribution >= 4 is 69.1 Å². The van der Waals surface area contributed by atoms with Crippen molar-refractivity contribution in [1.29, 1.82) is 0 Å². The van der Waals surface area contributed by atoms with Crippen molar-refractivity contribution in [2.75, 3.05) is 32.7 Å². The summed E-state index contributed by atoms with van der Waals surface area (Å²) in [5.74, 6) is -1.70. The molecule has 49 heavy (non-hydrogen) atoms. The number of carbonyl (C=O) groups is 4. The van der Waals surface area contributed by atoms with Gasteiger partial charge in [-0.15, -0.1) is 0 Å². The summed E-state index contributed by atoms with van der Waals surface area (Å²) in [6, 6.07) is 8.77. The minimum atomic E-state index is -1.17. The standard InChI is InChI=1S/C35H48I2N2O10/c1-33(2,3)47-28(41)19-38(20-29(42)48-34(4,5)6)14-15-39(21-30(43)49-35(7,8)9)27(32(44)45)18-22-16-25(36)31(26(37)17-22)46-24-12-10-23(40)11-13-24/h10-13,16-17,27,40H,14-15,18-21H2,1-9H3,(H,44,45)/t27-/m0/s1. The van der Waals surface area contributed by atoms with E-state index >= 15 is 0 Å². The summed E-state index contributed by atoms with van der Waals surface area (Å²) in [5.41, 5.74) is -1.63. The van der Waals surface area contributed by atoms with Crippen LogP contribution < -0.4 is 4.74 Å². The number of halogens is 2. The second-order valence-corrected chi connectivity index (χ2v) is 16.8. The maximum atomic E-state index is 13.1. The number of aromatic hydroxyl groups is 1. The molecule has 0 amide bonds. The van der Waals surface area contributed by atoms with Gasteiger partial charge >= 0.3 is 23.9 Å². The first-order valence-corrected chi connectivity index (χ1v) is 17.9. The van der Waals surface area contributed by atoms with Gasteiger partial charge in [0.05, 0.1) is 26.8 Å². The van der Waals surface area contributed by atoms with Crippen LogP contribution in [0.25, 0.3) is 0 Å². The molecule has 0 saturated carbocycles. The Balaban J connectivity index is 2.40. The van der Waals surface area contributed by atoms with Gasteiger partial charge in [0.15, 0.2) is 5.75 Å². The fraction of sp³-hybridized carbons (Fsp3) is 0.543. The molecule has 1 atom stereocenters. The molecule has 272 valence electrons. The van der Waals surface area contributed by atoms with Crippen LogP contribution in [0.3, 0.4) is 0 Å². The predicted molar refractivity (Wildman–Crippen MR) is 201 cm³/mol. The van der Waals surface area contributed by atoms with Crippen molar-refractivity contribution in [2.24, 2.45) is 0 Å². The zero-order valence-electron chi connectivity index (χ0n) is 29.6. The first kappa shape index (κ1) is 42.5. The van der Waals surface area contributed by atoms with Crippen molar-refractivity contribution in [1.82, 2.24) is 9.80 Å². The summed E-state index contributed by atoms with van der Waals surface area (Å²) < 4.78 is 24.0. The van der Waals surface area contributed by atoms with E-state index in [-0.39, 0.29) is 44.9 Å². The number of hydrogen-bond acceptors (Lipinski definition) is 11. The van der Waals surface area contributed by atoms with Crippen LogP contribution in [0, 0.1) is 7.14 Å². The number of carbonyl (C=O) groups excluding carboxylic acids is 3. The largest absolute Gasteiger partial charge is 0.508 e. The van der Waals surface area contributed by atoms with Crippen LogP contribution in [-0.2, 0) is 39.8 Å². The summed E-state index contributed by atoms with van der Waals surface area (Å²) >= 11 is 4.24. The summed E-state index contributed by atoms with van der Waals surface area (Å²) in [6.07, 6.45) is 0.0295. The third kappa shape index (κ3) is 16.7. The maximum Gasteiger partial charge on any atom is 0.321 e. The van der Waals surface area contributed by atoms with Gasteiger partial charge < -0.3 is 29.2 Å². The molecule has 2 aromatic rings. The molecular weight excluding hydrogens is 862 g/mol. The molecule has 14 heteroatoms. The van der Waals surface area contributed by atoms with Gasteiger partial charge in [0, 0.05) is 13.1 Å². The second-order valence-electron chi connectivity index (χ2n) is 14.5. The number of ether oxygens (including phenoxy) is 4. The number of aliphatic carboxylic acids is 1. The highest BCUT2D eigenvalue weighted by Crippen LogP contribution is 2.34. The smallest absolute Gasteiger partial charge is 0.321 e. The first-order chi connectivity index (χ1) is 22.4. The molecule has 12 nitrogen and oxygen atoms in total. The highest BCUT2D eigenvalue weighted by atomic mass is 127. The molecule has 0 aliphatic rings. The normalized spacial score (nSPS) is 12.8. The Morgan fingerprint density at radius 2 is 1.14 bits per heavy atom. The monoisotopic (exact) mass is 910 g/mol. The van der Waals surface area contributed by atoms with Crippen molar-refractivity contribution in [3.05, 3.63) is 49.1 Å². The summed E-state index contributed by atoms with van der Waals surface area (Å²) in [7, 11) is 0. The molecule has 0 bridgehead atoms. The molecular formula is C35H48I2N2O10. The van der Waals surface area contributed by atoms with E-state index in [1.807, 2.05) is 12.1 Å². The molecule has 2 aromatic carbocycles. The van der Waals surface area contributed by atoms with Crippen molar-refractivity contribution < 1.29 is 48.3 Å². The zero-order valence-corrected chi connectivity index (χ0v) is 33.9. The highest BCUT2D eigenvalue weighted by molar-refractivity contribution is 14.1. The third-order valence-electron chi connectivity index (χ3n) is 6.27. The lowest BCUT2D eigenvalue weighted by atomic mass is 10.0. The molecule has 0 radical (unpaired) electrons. The van der Waals surface area contributed by atoms with Crippen LogP contribution in [0.5, 0.6) is 17.2 Å². The number of hydrogen-bond donors (Lipinski definition) is 2. The number of benzene rings is 2. The van der Waals surface area contributed by atoms with Crippen LogP contribution in [0.1, 0.15) is 67.9 Å². The number of rotatable bonds is 15. The van der Waals surface area contributed by atoms with Crippen molar-refractivity contribution in [2.45, 2.75) is 91.6 Å². The van der Waals surface area contributed by atoms with Crippen LogP contribution >= 0.6 is 45.2 Å².